The summed E-state index contributed by atoms with van der Waals surface area (Å²) >= 11 is 0. The van der Waals surface area contributed by atoms with Gasteiger partial charge in [0.2, 0.25) is 0 Å². The van der Waals surface area contributed by atoms with Crippen LogP contribution in [0.3, 0.4) is 0 Å². The maximum Gasteiger partial charge on any atom is 0.0366 e. The minimum atomic E-state index is 0.448. The Labute approximate surface area is 111 Å². The largest absolute Gasteiger partial charge is 0.371 e. The molecule has 0 saturated carbocycles. The van der Waals surface area contributed by atoms with Crippen molar-refractivity contribution in [3.8, 4) is 0 Å². The van der Waals surface area contributed by atoms with Gasteiger partial charge in [-0.25, -0.2) is 0 Å². The first kappa shape index (κ1) is 13.4. The van der Waals surface area contributed by atoms with Crippen LogP contribution in [0.4, 0.5) is 5.69 Å². The van der Waals surface area contributed by atoms with Gasteiger partial charge in [0.05, 0.1) is 0 Å². The second-order valence-corrected chi connectivity index (χ2v) is 5.78. The summed E-state index contributed by atoms with van der Waals surface area (Å²) in [4.78, 5) is 2.48. The van der Waals surface area contributed by atoms with Gasteiger partial charge in [-0.1, -0.05) is 32.9 Å². The molecule has 0 aliphatic carbocycles. The molecule has 0 amide bonds. The van der Waals surface area contributed by atoms with Crippen LogP contribution in [0.5, 0.6) is 0 Å². The molecule has 1 saturated heterocycles. The van der Waals surface area contributed by atoms with Gasteiger partial charge in [-0.2, -0.15) is 0 Å². The molecule has 1 aliphatic rings. The van der Waals surface area contributed by atoms with Crippen LogP contribution in [-0.4, -0.2) is 19.6 Å². The quantitative estimate of drug-likeness (QED) is 0.856. The summed E-state index contributed by atoms with van der Waals surface area (Å²) in [6, 6.07) is 9.49. The van der Waals surface area contributed by atoms with E-state index in [1.54, 1.807) is 0 Å². The van der Waals surface area contributed by atoms with Crippen molar-refractivity contribution in [3.63, 3.8) is 0 Å². The highest BCUT2D eigenvalue weighted by Crippen LogP contribution is 2.29. The second kappa shape index (κ2) is 5.75. The van der Waals surface area contributed by atoms with E-state index in [0.717, 1.165) is 18.4 Å². The van der Waals surface area contributed by atoms with E-state index in [2.05, 4.69) is 62.2 Å². The standard InChI is InChI=1S/C16H26N2/c1-5-17-13(4)14-6-8-16(9-7-14)18-10-15(11-18)12(2)3/h6-9,12-13,15,17H,5,10-11H2,1-4H3. The lowest BCUT2D eigenvalue weighted by Gasteiger charge is -2.43. The Bertz CT molecular complexity index is 363. The van der Waals surface area contributed by atoms with E-state index in [-0.39, 0.29) is 0 Å². The Hall–Kier alpha value is -1.02. The molecule has 1 aromatic carbocycles. The zero-order valence-corrected chi connectivity index (χ0v) is 12.1. The maximum atomic E-state index is 3.45. The average Bonchev–Trinajstić information content (AvgIpc) is 2.27. The van der Waals surface area contributed by atoms with Crippen molar-refractivity contribution in [2.75, 3.05) is 24.5 Å². The third-order valence-electron chi connectivity index (χ3n) is 4.12. The number of anilines is 1. The molecule has 100 valence electrons. The Morgan fingerprint density at radius 2 is 1.78 bits per heavy atom. The highest BCUT2D eigenvalue weighted by molar-refractivity contribution is 5.50. The number of benzene rings is 1. The molecule has 1 aromatic rings. The Balaban J connectivity index is 1.93. The van der Waals surface area contributed by atoms with Gasteiger partial charge in [0.25, 0.3) is 0 Å². The number of nitrogens with one attached hydrogen (secondary N) is 1. The van der Waals surface area contributed by atoms with Crippen molar-refractivity contribution >= 4 is 5.69 Å². The van der Waals surface area contributed by atoms with E-state index in [1.165, 1.54) is 24.3 Å². The van der Waals surface area contributed by atoms with Gasteiger partial charge in [-0.15, -0.1) is 0 Å². The van der Waals surface area contributed by atoms with E-state index in [9.17, 15) is 0 Å². The van der Waals surface area contributed by atoms with Gasteiger partial charge in [0, 0.05) is 24.8 Å². The third-order valence-corrected chi connectivity index (χ3v) is 4.12. The summed E-state index contributed by atoms with van der Waals surface area (Å²) in [5.41, 5.74) is 2.75. The maximum absolute atomic E-state index is 3.45. The minimum Gasteiger partial charge on any atom is -0.371 e. The molecule has 1 N–H and O–H groups in total. The van der Waals surface area contributed by atoms with Gasteiger partial charge in [-0.3, -0.25) is 0 Å². The first-order valence-electron chi connectivity index (χ1n) is 7.20. The van der Waals surface area contributed by atoms with Crippen molar-refractivity contribution in [2.45, 2.75) is 33.7 Å². The summed E-state index contributed by atoms with van der Waals surface area (Å²) in [6.45, 7) is 12.5. The number of hydrogen-bond donors (Lipinski definition) is 1. The SMILES string of the molecule is CCNC(C)c1ccc(N2CC(C(C)C)C2)cc1. The molecule has 18 heavy (non-hydrogen) atoms. The second-order valence-electron chi connectivity index (χ2n) is 5.78. The summed E-state index contributed by atoms with van der Waals surface area (Å²) in [7, 11) is 0. The molecule has 2 heteroatoms. The monoisotopic (exact) mass is 246 g/mol. The van der Waals surface area contributed by atoms with Crippen LogP contribution in [0, 0.1) is 11.8 Å². The van der Waals surface area contributed by atoms with E-state index in [4.69, 9.17) is 0 Å². The van der Waals surface area contributed by atoms with Crippen molar-refractivity contribution in [1.82, 2.24) is 5.32 Å². The smallest absolute Gasteiger partial charge is 0.0366 e. The fourth-order valence-electron chi connectivity index (χ4n) is 2.54. The van der Waals surface area contributed by atoms with E-state index < -0.39 is 0 Å². The zero-order chi connectivity index (χ0) is 13.1. The van der Waals surface area contributed by atoms with Gasteiger partial charge < -0.3 is 10.2 Å². The van der Waals surface area contributed by atoms with Gasteiger partial charge in [-0.05, 0) is 43.0 Å². The molecule has 1 aliphatic heterocycles. The molecule has 1 heterocycles. The first-order chi connectivity index (χ1) is 8.61. The number of rotatable bonds is 5. The third kappa shape index (κ3) is 2.86. The molecule has 0 aromatic heterocycles. The predicted octanol–water partition coefficient (Wildman–Crippen LogP) is 3.45. The molecule has 1 atom stereocenters. The van der Waals surface area contributed by atoms with Crippen LogP contribution in [0.15, 0.2) is 24.3 Å². The molecule has 1 fully saturated rings. The van der Waals surface area contributed by atoms with Gasteiger partial charge in [0.1, 0.15) is 0 Å². The summed E-state index contributed by atoms with van der Waals surface area (Å²) < 4.78 is 0. The fourth-order valence-corrected chi connectivity index (χ4v) is 2.54. The van der Waals surface area contributed by atoms with Crippen LogP contribution in [0.1, 0.15) is 39.3 Å². The molecule has 0 radical (unpaired) electrons. The Kier molecular flexibility index (Phi) is 4.28. The first-order valence-corrected chi connectivity index (χ1v) is 7.20. The van der Waals surface area contributed by atoms with Crippen molar-refractivity contribution in [2.24, 2.45) is 11.8 Å². The molecule has 0 bridgehead atoms. The summed E-state index contributed by atoms with van der Waals surface area (Å²) in [6.07, 6.45) is 0. The Morgan fingerprint density at radius 3 is 2.28 bits per heavy atom. The molecule has 0 spiro atoms. The molecular formula is C16H26N2. The average molecular weight is 246 g/mol. The topological polar surface area (TPSA) is 15.3 Å². The van der Waals surface area contributed by atoms with Gasteiger partial charge >= 0.3 is 0 Å². The summed E-state index contributed by atoms with van der Waals surface area (Å²) in [5.74, 6) is 1.69. The van der Waals surface area contributed by atoms with Crippen molar-refractivity contribution < 1.29 is 0 Å². The lowest BCUT2D eigenvalue weighted by molar-refractivity contribution is 0.310. The van der Waals surface area contributed by atoms with Gasteiger partial charge in [0.15, 0.2) is 0 Å². The van der Waals surface area contributed by atoms with Crippen LogP contribution in [-0.2, 0) is 0 Å². The summed E-state index contributed by atoms with van der Waals surface area (Å²) in [5, 5.41) is 3.45. The highest BCUT2D eigenvalue weighted by Gasteiger charge is 2.28. The predicted molar refractivity (Wildman–Crippen MR) is 79.1 cm³/mol. The molecule has 2 rings (SSSR count). The number of nitrogens with zero attached hydrogens (tertiary/aromatic N) is 1. The molecular weight excluding hydrogens is 220 g/mol. The molecule has 2 nitrogen and oxygen atoms in total. The Morgan fingerprint density at radius 1 is 1.17 bits per heavy atom. The van der Waals surface area contributed by atoms with E-state index >= 15 is 0 Å². The van der Waals surface area contributed by atoms with Crippen LogP contribution in [0.25, 0.3) is 0 Å². The zero-order valence-electron chi connectivity index (χ0n) is 12.1. The van der Waals surface area contributed by atoms with E-state index in [0.29, 0.717) is 6.04 Å². The minimum absolute atomic E-state index is 0.448. The van der Waals surface area contributed by atoms with E-state index in [1.807, 2.05) is 0 Å². The van der Waals surface area contributed by atoms with Crippen LogP contribution in [0.2, 0.25) is 0 Å². The van der Waals surface area contributed by atoms with Crippen molar-refractivity contribution in [3.05, 3.63) is 29.8 Å². The molecule has 1 unspecified atom stereocenters. The van der Waals surface area contributed by atoms with Crippen LogP contribution < -0.4 is 10.2 Å². The normalized spacial score (nSPS) is 17.9. The fraction of sp³-hybridized carbons (Fsp3) is 0.625. The highest BCUT2D eigenvalue weighted by atomic mass is 15.2. The lowest BCUT2D eigenvalue weighted by Crippen LogP contribution is -2.49. The number of hydrogen-bond acceptors (Lipinski definition) is 2. The van der Waals surface area contributed by atoms with Crippen LogP contribution >= 0.6 is 0 Å². The lowest BCUT2D eigenvalue weighted by atomic mass is 9.88. The van der Waals surface area contributed by atoms with Crippen molar-refractivity contribution in [1.29, 1.82) is 0 Å².